The van der Waals surface area contributed by atoms with Crippen LogP contribution in [0.25, 0.3) is 0 Å². The Kier molecular flexibility index (Phi) is 4.68. The highest BCUT2D eigenvalue weighted by Crippen LogP contribution is 2.28. The predicted molar refractivity (Wildman–Crippen MR) is 83.0 cm³/mol. The maximum Gasteiger partial charge on any atom is 0.341 e. The molecule has 2 heterocycles. The molecule has 0 N–H and O–H groups in total. The van der Waals surface area contributed by atoms with Gasteiger partial charge in [-0.15, -0.1) is 10.2 Å². The quantitative estimate of drug-likeness (QED) is 0.665. The van der Waals surface area contributed by atoms with E-state index >= 15 is 0 Å². The fourth-order valence-corrected chi connectivity index (χ4v) is 2.72. The lowest BCUT2D eigenvalue weighted by atomic mass is 10.3. The molecule has 0 spiro atoms. The Morgan fingerprint density at radius 1 is 1.17 bits per heavy atom. The summed E-state index contributed by atoms with van der Waals surface area (Å²) in [4.78, 5) is 17.5. The molecule has 0 aliphatic heterocycles. The molecule has 0 atom stereocenters. The van der Waals surface area contributed by atoms with Gasteiger partial charge in [0.25, 0.3) is 5.89 Å². The van der Waals surface area contributed by atoms with Crippen molar-refractivity contribution in [3.05, 3.63) is 66.0 Å². The zero-order valence-electron chi connectivity index (χ0n) is 12.3. The topological polar surface area (TPSA) is 78.1 Å². The highest BCUT2D eigenvalue weighted by Gasteiger charge is 2.16. The summed E-state index contributed by atoms with van der Waals surface area (Å²) in [6.07, 6.45) is 1.64. The molecular formula is C16H13N3O3S. The van der Waals surface area contributed by atoms with Crippen LogP contribution in [0.15, 0.2) is 63.0 Å². The van der Waals surface area contributed by atoms with E-state index in [9.17, 15) is 4.79 Å². The highest BCUT2D eigenvalue weighted by molar-refractivity contribution is 7.99. The van der Waals surface area contributed by atoms with Gasteiger partial charge in [0.05, 0.1) is 5.56 Å². The standard InChI is InChI=1S/C16H13N3O3S/c1-11-18-19-14(22-11)10-21-16(20)13-8-5-9-17-15(13)23-12-6-3-2-4-7-12/h2-9H,10H2,1H3. The molecular weight excluding hydrogens is 314 g/mol. The van der Waals surface area contributed by atoms with Crippen molar-refractivity contribution in [1.29, 1.82) is 0 Å². The van der Waals surface area contributed by atoms with Crippen LogP contribution in [0.1, 0.15) is 22.1 Å². The van der Waals surface area contributed by atoms with Crippen molar-refractivity contribution in [2.75, 3.05) is 0 Å². The van der Waals surface area contributed by atoms with Crippen molar-refractivity contribution < 1.29 is 13.9 Å². The van der Waals surface area contributed by atoms with Gasteiger partial charge in [0.15, 0.2) is 6.61 Å². The van der Waals surface area contributed by atoms with Gasteiger partial charge in [-0.05, 0) is 24.3 Å². The Bertz CT molecular complexity index is 805. The third kappa shape index (κ3) is 3.95. The number of benzene rings is 1. The monoisotopic (exact) mass is 327 g/mol. The minimum atomic E-state index is -0.479. The smallest absolute Gasteiger partial charge is 0.341 e. The van der Waals surface area contributed by atoms with Crippen molar-refractivity contribution in [2.45, 2.75) is 23.5 Å². The van der Waals surface area contributed by atoms with Crippen molar-refractivity contribution in [3.63, 3.8) is 0 Å². The predicted octanol–water partition coefficient (Wildman–Crippen LogP) is 3.28. The van der Waals surface area contributed by atoms with E-state index in [1.807, 2.05) is 30.3 Å². The molecule has 7 heteroatoms. The zero-order valence-corrected chi connectivity index (χ0v) is 13.1. The molecule has 3 rings (SSSR count). The van der Waals surface area contributed by atoms with Gasteiger partial charge >= 0.3 is 5.97 Å². The van der Waals surface area contributed by atoms with Crippen LogP contribution in [0.3, 0.4) is 0 Å². The number of nitrogens with zero attached hydrogens (tertiary/aromatic N) is 3. The fourth-order valence-electron chi connectivity index (χ4n) is 1.83. The first-order chi connectivity index (χ1) is 11.2. The van der Waals surface area contributed by atoms with E-state index in [0.717, 1.165) is 4.90 Å². The molecule has 0 aliphatic carbocycles. The molecule has 0 saturated carbocycles. The number of esters is 1. The largest absolute Gasteiger partial charge is 0.452 e. The minimum Gasteiger partial charge on any atom is -0.452 e. The van der Waals surface area contributed by atoms with E-state index in [4.69, 9.17) is 9.15 Å². The third-order valence-electron chi connectivity index (χ3n) is 2.84. The first-order valence-electron chi connectivity index (χ1n) is 6.86. The number of hydrogen-bond acceptors (Lipinski definition) is 7. The van der Waals surface area contributed by atoms with E-state index < -0.39 is 5.97 Å². The molecule has 0 fully saturated rings. The van der Waals surface area contributed by atoms with Gasteiger partial charge in [0.2, 0.25) is 5.89 Å². The van der Waals surface area contributed by atoms with Crippen LogP contribution < -0.4 is 0 Å². The van der Waals surface area contributed by atoms with Gasteiger partial charge in [-0.3, -0.25) is 0 Å². The Morgan fingerprint density at radius 3 is 2.74 bits per heavy atom. The second-order valence-electron chi connectivity index (χ2n) is 4.56. The van der Waals surface area contributed by atoms with Gasteiger partial charge < -0.3 is 9.15 Å². The lowest BCUT2D eigenvalue weighted by Gasteiger charge is -2.07. The molecule has 0 unspecified atom stereocenters. The maximum atomic E-state index is 12.3. The molecule has 0 aliphatic rings. The Labute approximate surface area is 136 Å². The molecule has 0 radical (unpaired) electrons. The van der Waals surface area contributed by atoms with E-state index in [2.05, 4.69) is 15.2 Å². The van der Waals surface area contributed by atoms with Gasteiger partial charge in [-0.1, -0.05) is 30.0 Å². The highest BCUT2D eigenvalue weighted by atomic mass is 32.2. The summed E-state index contributed by atoms with van der Waals surface area (Å²) in [5, 5.41) is 8.06. The van der Waals surface area contributed by atoms with Crippen LogP contribution in [-0.4, -0.2) is 21.2 Å². The lowest BCUT2D eigenvalue weighted by molar-refractivity contribution is 0.0431. The second kappa shape index (κ2) is 7.06. The summed E-state index contributed by atoms with van der Waals surface area (Å²) in [7, 11) is 0. The Morgan fingerprint density at radius 2 is 2.00 bits per heavy atom. The average molecular weight is 327 g/mol. The first kappa shape index (κ1) is 15.2. The van der Waals surface area contributed by atoms with Gasteiger partial charge in [0.1, 0.15) is 5.03 Å². The summed E-state index contributed by atoms with van der Waals surface area (Å²) in [5.41, 5.74) is 0.401. The SMILES string of the molecule is Cc1nnc(COC(=O)c2cccnc2Sc2ccccc2)o1. The zero-order chi connectivity index (χ0) is 16.1. The molecule has 2 aromatic heterocycles. The number of pyridine rings is 1. The van der Waals surface area contributed by atoms with E-state index in [0.29, 0.717) is 16.5 Å². The number of aryl methyl sites for hydroxylation is 1. The number of rotatable bonds is 5. The summed E-state index contributed by atoms with van der Waals surface area (Å²) in [6, 6.07) is 13.1. The van der Waals surface area contributed by atoms with Crippen LogP contribution in [0.4, 0.5) is 0 Å². The molecule has 0 bridgehead atoms. The van der Waals surface area contributed by atoms with Crippen molar-refractivity contribution in [1.82, 2.24) is 15.2 Å². The molecule has 3 aromatic rings. The molecule has 0 amide bonds. The Balaban J connectivity index is 1.72. The van der Waals surface area contributed by atoms with Crippen LogP contribution in [0.2, 0.25) is 0 Å². The number of aromatic nitrogens is 3. The third-order valence-corrected chi connectivity index (χ3v) is 3.87. The molecule has 6 nitrogen and oxygen atoms in total. The summed E-state index contributed by atoms with van der Waals surface area (Å²) < 4.78 is 10.4. The van der Waals surface area contributed by atoms with Crippen LogP contribution in [0, 0.1) is 6.92 Å². The molecule has 1 aromatic carbocycles. The normalized spacial score (nSPS) is 10.5. The summed E-state index contributed by atoms with van der Waals surface area (Å²) in [6.45, 7) is 1.61. The van der Waals surface area contributed by atoms with Crippen molar-refractivity contribution >= 4 is 17.7 Å². The van der Waals surface area contributed by atoms with Crippen LogP contribution >= 0.6 is 11.8 Å². The van der Waals surface area contributed by atoms with Gasteiger partial charge in [-0.25, -0.2) is 9.78 Å². The number of carbonyl (C=O) groups is 1. The second-order valence-corrected chi connectivity index (χ2v) is 5.62. The van der Waals surface area contributed by atoms with E-state index in [-0.39, 0.29) is 12.5 Å². The van der Waals surface area contributed by atoms with Crippen LogP contribution in [0.5, 0.6) is 0 Å². The van der Waals surface area contributed by atoms with Gasteiger partial charge in [-0.2, -0.15) is 0 Å². The van der Waals surface area contributed by atoms with E-state index in [1.54, 1.807) is 25.3 Å². The lowest BCUT2D eigenvalue weighted by Crippen LogP contribution is -2.07. The summed E-state index contributed by atoms with van der Waals surface area (Å²) >= 11 is 1.40. The minimum absolute atomic E-state index is 0.0655. The Hall–Kier alpha value is -2.67. The number of carbonyl (C=O) groups excluding carboxylic acids is 1. The van der Waals surface area contributed by atoms with Crippen molar-refractivity contribution in [2.24, 2.45) is 0 Å². The summed E-state index contributed by atoms with van der Waals surface area (Å²) in [5.74, 6) is 0.210. The van der Waals surface area contributed by atoms with E-state index in [1.165, 1.54) is 11.8 Å². The van der Waals surface area contributed by atoms with Crippen LogP contribution in [-0.2, 0) is 11.3 Å². The number of hydrogen-bond donors (Lipinski definition) is 0. The molecule has 23 heavy (non-hydrogen) atoms. The maximum absolute atomic E-state index is 12.3. The first-order valence-corrected chi connectivity index (χ1v) is 7.68. The molecule has 116 valence electrons. The molecule has 0 saturated heterocycles. The average Bonchev–Trinajstić information content (AvgIpc) is 3.00. The van der Waals surface area contributed by atoms with Gasteiger partial charge in [0, 0.05) is 18.0 Å². The van der Waals surface area contributed by atoms with Crippen molar-refractivity contribution in [3.8, 4) is 0 Å². The number of ether oxygens (including phenoxy) is 1. The fraction of sp³-hybridized carbons (Fsp3) is 0.125.